The van der Waals surface area contributed by atoms with Crippen LogP contribution in [-0.4, -0.2) is 27.2 Å². The van der Waals surface area contributed by atoms with Gasteiger partial charge in [0.15, 0.2) is 6.61 Å². The normalized spacial score (nSPS) is 11.0. The Morgan fingerprint density at radius 3 is 2.50 bits per heavy atom. The summed E-state index contributed by atoms with van der Waals surface area (Å²) in [5.74, 6) is 1.05. The molecule has 0 unspecified atom stereocenters. The van der Waals surface area contributed by atoms with Crippen LogP contribution in [0.5, 0.6) is 5.75 Å². The Hall–Kier alpha value is -2.30. The van der Waals surface area contributed by atoms with Crippen LogP contribution in [0.15, 0.2) is 24.5 Å². The van der Waals surface area contributed by atoms with Gasteiger partial charge >= 0.3 is 5.97 Å². The molecule has 0 aliphatic heterocycles. The first-order valence-corrected chi connectivity index (χ1v) is 7.34. The maximum atomic E-state index is 10.6. The lowest BCUT2D eigenvalue weighted by molar-refractivity contribution is -0.139. The van der Waals surface area contributed by atoms with Gasteiger partial charge in [-0.2, -0.15) is 0 Å². The number of aryl methyl sites for hydroxylation is 2. The molecule has 0 bridgehead atoms. The van der Waals surface area contributed by atoms with Crippen molar-refractivity contribution < 1.29 is 14.6 Å². The monoisotopic (exact) mass is 302 g/mol. The SMILES string of the molecule is Cc1cc(OCC(=O)O)cc(C)c1Cn1ccnc1C(C)C. The molecule has 1 aromatic carbocycles. The second kappa shape index (κ2) is 6.64. The largest absolute Gasteiger partial charge is 0.482 e. The predicted molar refractivity (Wildman–Crippen MR) is 84.5 cm³/mol. The van der Waals surface area contributed by atoms with Gasteiger partial charge in [0.1, 0.15) is 11.6 Å². The van der Waals surface area contributed by atoms with Crippen molar-refractivity contribution in [2.45, 2.75) is 40.2 Å². The zero-order valence-electron chi connectivity index (χ0n) is 13.5. The maximum Gasteiger partial charge on any atom is 0.341 e. The van der Waals surface area contributed by atoms with E-state index >= 15 is 0 Å². The Balaban J connectivity index is 2.24. The molecular formula is C17H22N2O3. The second-order valence-electron chi connectivity index (χ2n) is 5.79. The third-order valence-electron chi connectivity index (χ3n) is 3.62. The molecule has 22 heavy (non-hydrogen) atoms. The molecule has 0 spiro atoms. The van der Waals surface area contributed by atoms with E-state index in [0.717, 1.165) is 23.5 Å². The summed E-state index contributed by atoms with van der Waals surface area (Å²) in [6, 6.07) is 3.77. The number of carbonyl (C=O) groups is 1. The summed E-state index contributed by atoms with van der Waals surface area (Å²) < 4.78 is 7.41. The summed E-state index contributed by atoms with van der Waals surface area (Å²) in [6.45, 7) is 8.72. The van der Waals surface area contributed by atoms with Crippen LogP contribution in [0.3, 0.4) is 0 Å². The summed E-state index contributed by atoms with van der Waals surface area (Å²) in [7, 11) is 0. The Labute approximate surface area is 130 Å². The van der Waals surface area contributed by atoms with E-state index < -0.39 is 5.97 Å². The van der Waals surface area contributed by atoms with E-state index in [2.05, 4.69) is 23.4 Å². The highest BCUT2D eigenvalue weighted by atomic mass is 16.5. The van der Waals surface area contributed by atoms with E-state index in [-0.39, 0.29) is 6.61 Å². The first-order chi connectivity index (χ1) is 10.4. The molecule has 118 valence electrons. The fourth-order valence-electron chi connectivity index (χ4n) is 2.56. The van der Waals surface area contributed by atoms with Crippen LogP contribution in [0.4, 0.5) is 0 Å². The summed E-state index contributed by atoms with van der Waals surface area (Å²) in [5.41, 5.74) is 3.38. The zero-order valence-corrected chi connectivity index (χ0v) is 13.5. The van der Waals surface area contributed by atoms with Crippen LogP contribution in [0, 0.1) is 13.8 Å². The van der Waals surface area contributed by atoms with Crippen molar-refractivity contribution in [2.24, 2.45) is 0 Å². The quantitative estimate of drug-likeness (QED) is 0.890. The summed E-state index contributed by atoms with van der Waals surface area (Å²) >= 11 is 0. The fraction of sp³-hybridized carbons (Fsp3) is 0.412. The zero-order chi connectivity index (χ0) is 16.3. The molecule has 0 aliphatic rings. The van der Waals surface area contributed by atoms with Gasteiger partial charge in [-0.15, -0.1) is 0 Å². The van der Waals surface area contributed by atoms with Crippen LogP contribution in [0.2, 0.25) is 0 Å². The minimum Gasteiger partial charge on any atom is -0.482 e. The van der Waals surface area contributed by atoms with E-state index in [1.54, 1.807) is 0 Å². The molecule has 2 aromatic rings. The van der Waals surface area contributed by atoms with Gasteiger partial charge in [-0.25, -0.2) is 9.78 Å². The summed E-state index contributed by atoms with van der Waals surface area (Å²) in [5, 5.41) is 8.69. The average Bonchev–Trinajstić information content (AvgIpc) is 2.89. The van der Waals surface area contributed by atoms with Gasteiger partial charge in [-0.3, -0.25) is 0 Å². The summed E-state index contributed by atoms with van der Waals surface area (Å²) in [4.78, 5) is 15.0. The Morgan fingerprint density at radius 2 is 1.95 bits per heavy atom. The van der Waals surface area contributed by atoms with Gasteiger partial charge < -0.3 is 14.4 Å². The summed E-state index contributed by atoms with van der Waals surface area (Å²) in [6.07, 6.45) is 3.81. The number of imidazole rings is 1. The molecule has 1 aromatic heterocycles. The Morgan fingerprint density at radius 1 is 1.32 bits per heavy atom. The van der Waals surface area contributed by atoms with Gasteiger partial charge in [0.2, 0.25) is 0 Å². The molecule has 0 saturated heterocycles. The van der Waals surface area contributed by atoms with Gasteiger partial charge in [0.25, 0.3) is 0 Å². The number of aliphatic carboxylic acids is 1. The van der Waals surface area contributed by atoms with Crippen molar-refractivity contribution in [1.82, 2.24) is 9.55 Å². The van der Waals surface area contributed by atoms with Crippen molar-refractivity contribution >= 4 is 5.97 Å². The first kappa shape index (κ1) is 16.1. The van der Waals surface area contributed by atoms with Crippen LogP contribution in [0.25, 0.3) is 0 Å². The average molecular weight is 302 g/mol. The van der Waals surface area contributed by atoms with Crippen molar-refractivity contribution in [1.29, 1.82) is 0 Å². The molecule has 0 radical (unpaired) electrons. The lowest BCUT2D eigenvalue weighted by Crippen LogP contribution is -2.11. The molecule has 2 rings (SSSR count). The van der Waals surface area contributed by atoms with Crippen LogP contribution >= 0.6 is 0 Å². The fourth-order valence-corrected chi connectivity index (χ4v) is 2.56. The van der Waals surface area contributed by atoms with E-state index in [4.69, 9.17) is 9.84 Å². The van der Waals surface area contributed by atoms with Crippen LogP contribution in [0.1, 0.15) is 42.3 Å². The van der Waals surface area contributed by atoms with Gasteiger partial charge in [-0.1, -0.05) is 13.8 Å². The van der Waals surface area contributed by atoms with E-state index in [1.807, 2.05) is 38.4 Å². The topological polar surface area (TPSA) is 64.3 Å². The molecule has 0 aliphatic carbocycles. The van der Waals surface area contributed by atoms with Crippen LogP contribution < -0.4 is 4.74 Å². The highest BCUT2D eigenvalue weighted by molar-refractivity contribution is 5.68. The van der Waals surface area contributed by atoms with Crippen molar-refractivity contribution in [3.63, 3.8) is 0 Å². The van der Waals surface area contributed by atoms with E-state index in [1.165, 1.54) is 5.56 Å². The number of hydrogen-bond donors (Lipinski definition) is 1. The third kappa shape index (κ3) is 3.67. The molecule has 5 nitrogen and oxygen atoms in total. The smallest absolute Gasteiger partial charge is 0.341 e. The molecule has 5 heteroatoms. The van der Waals surface area contributed by atoms with Crippen molar-refractivity contribution in [3.05, 3.63) is 47.0 Å². The lowest BCUT2D eigenvalue weighted by Gasteiger charge is -2.16. The minimum absolute atomic E-state index is 0.322. The van der Waals surface area contributed by atoms with Crippen molar-refractivity contribution in [3.8, 4) is 5.75 Å². The Kier molecular flexibility index (Phi) is 4.85. The van der Waals surface area contributed by atoms with Crippen LogP contribution in [-0.2, 0) is 11.3 Å². The highest BCUT2D eigenvalue weighted by Crippen LogP contribution is 2.24. The van der Waals surface area contributed by atoms with E-state index in [0.29, 0.717) is 11.7 Å². The molecule has 1 heterocycles. The maximum absolute atomic E-state index is 10.6. The predicted octanol–water partition coefficient (Wildman–Crippen LogP) is 3.14. The van der Waals surface area contributed by atoms with Crippen molar-refractivity contribution in [2.75, 3.05) is 6.61 Å². The first-order valence-electron chi connectivity index (χ1n) is 7.34. The Bertz CT molecular complexity index is 651. The highest BCUT2D eigenvalue weighted by Gasteiger charge is 2.12. The number of benzene rings is 1. The molecule has 0 amide bonds. The minimum atomic E-state index is -0.973. The number of rotatable bonds is 6. The molecule has 0 atom stereocenters. The molecule has 1 N–H and O–H groups in total. The molecule has 0 saturated carbocycles. The number of ether oxygens (including phenoxy) is 1. The molecular weight excluding hydrogens is 280 g/mol. The molecule has 0 fully saturated rings. The number of nitrogens with zero attached hydrogens (tertiary/aromatic N) is 2. The number of carboxylic acids is 1. The van der Waals surface area contributed by atoms with E-state index in [9.17, 15) is 4.79 Å². The van der Waals surface area contributed by atoms with Gasteiger partial charge in [0.05, 0.1) is 0 Å². The van der Waals surface area contributed by atoms with Gasteiger partial charge in [0, 0.05) is 24.9 Å². The van der Waals surface area contributed by atoms with Gasteiger partial charge in [-0.05, 0) is 42.7 Å². The lowest BCUT2D eigenvalue weighted by atomic mass is 10.0. The number of aromatic nitrogens is 2. The number of carboxylic acid groups (broad SMARTS) is 1. The third-order valence-corrected chi connectivity index (χ3v) is 3.62. The number of hydrogen-bond acceptors (Lipinski definition) is 3. The second-order valence-corrected chi connectivity index (χ2v) is 5.79. The standard InChI is InChI=1S/C17H22N2O3/c1-11(2)17-18-5-6-19(17)9-15-12(3)7-14(8-13(15)4)22-10-16(20)21/h5-8,11H,9-10H2,1-4H3,(H,20,21).